The van der Waals surface area contributed by atoms with Gasteiger partial charge in [0.2, 0.25) is 5.88 Å². The maximum absolute atomic E-state index is 13.6. The Kier molecular flexibility index (Phi) is 4.69. The Hall–Kier alpha value is -3.29. The van der Waals surface area contributed by atoms with Crippen LogP contribution in [0.3, 0.4) is 0 Å². The van der Waals surface area contributed by atoms with Crippen LogP contribution in [-0.2, 0) is 0 Å². The van der Waals surface area contributed by atoms with Crippen LogP contribution in [0, 0.1) is 18.7 Å². The molecule has 0 radical (unpaired) electrons. The van der Waals surface area contributed by atoms with Gasteiger partial charge in [0.25, 0.3) is 5.91 Å². The smallest absolute Gasteiger partial charge is 0.256 e. The number of benzene rings is 1. The summed E-state index contributed by atoms with van der Waals surface area (Å²) < 4.78 is 18.8. The molecule has 0 spiro atoms. The third-order valence-electron chi connectivity index (χ3n) is 6.06. The zero-order chi connectivity index (χ0) is 20.7. The van der Waals surface area contributed by atoms with Crippen molar-refractivity contribution in [1.29, 1.82) is 0 Å². The van der Waals surface area contributed by atoms with Crippen LogP contribution < -0.4 is 4.74 Å². The van der Waals surface area contributed by atoms with Gasteiger partial charge in [0, 0.05) is 24.1 Å². The number of nitrogens with zero attached hydrogens (tertiary/aromatic N) is 5. The minimum Gasteiger partial charge on any atom is -0.477 e. The summed E-state index contributed by atoms with van der Waals surface area (Å²) in [5.74, 6) is 0.263. The third kappa shape index (κ3) is 3.32. The summed E-state index contributed by atoms with van der Waals surface area (Å²) in [6.45, 7) is 2.44. The molecule has 8 heteroatoms. The highest BCUT2D eigenvalue weighted by Crippen LogP contribution is 2.43. The first-order valence-electron chi connectivity index (χ1n) is 10.1. The number of carbonyl (C=O) groups excluding carboxylic acids is 1. The van der Waals surface area contributed by atoms with Crippen molar-refractivity contribution in [2.24, 2.45) is 5.92 Å². The number of ether oxygens (including phenoxy) is 1. The SMILES string of the molecule is Cc1ccc(-n2nccn2)c(C(=O)N2[C@H]3CC[C@@H]2[C@@H](COc2ccc(F)cn2)C3)c1. The van der Waals surface area contributed by atoms with Crippen LogP contribution in [0.1, 0.15) is 35.2 Å². The summed E-state index contributed by atoms with van der Waals surface area (Å²) in [5.41, 5.74) is 2.32. The molecule has 2 aliphatic rings. The van der Waals surface area contributed by atoms with Crippen LogP contribution in [0.4, 0.5) is 4.39 Å². The van der Waals surface area contributed by atoms with Gasteiger partial charge in [-0.15, -0.1) is 0 Å². The van der Waals surface area contributed by atoms with Gasteiger partial charge in [-0.1, -0.05) is 11.6 Å². The van der Waals surface area contributed by atoms with Crippen molar-refractivity contribution in [3.05, 3.63) is 65.9 Å². The molecular formula is C22H22FN5O2. The molecule has 4 heterocycles. The second kappa shape index (κ2) is 7.51. The lowest BCUT2D eigenvalue weighted by Gasteiger charge is -2.25. The highest BCUT2D eigenvalue weighted by Gasteiger charge is 2.49. The summed E-state index contributed by atoms with van der Waals surface area (Å²) >= 11 is 0. The van der Waals surface area contributed by atoms with E-state index < -0.39 is 0 Å². The second-order valence-corrected chi connectivity index (χ2v) is 7.97. The Morgan fingerprint density at radius 1 is 1.20 bits per heavy atom. The number of aryl methyl sites for hydroxylation is 1. The molecule has 1 amide bonds. The van der Waals surface area contributed by atoms with Gasteiger partial charge in [-0.3, -0.25) is 4.79 Å². The van der Waals surface area contributed by atoms with E-state index in [1.807, 2.05) is 30.0 Å². The number of fused-ring (bicyclic) bond motifs is 2. The van der Waals surface area contributed by atoms with E-state index in [0.717, 1.165) is 31.0 Å². The van der Waals surface area contributed by atoms with Crippen molar-refractivity contribution in [3.63, 3.8) is 0 Å². The van der Waals surface area contributed by atoms with E-state index in [1.54, 1.807) is 12.4 Å². The molecule has 2 saturated heterocycles. The summed E-state index contributed by atoms with van der Waals surface area (Å²) in [4.78, 5) is 21.1. The highest BCUT2D eigenvalue weighted by atomic mass is 19.1. The van der Waals surface area contributed by atoms with Crippen LogP contribution >= 0.6 is 0 Å². The molecule has 30 heavy (non-hydrogen) atoms. The quantitative estimate of drug-likeness (QED) is 0.650. The average Bonchev–Trinajstić information content (AvgIpc) is 3.49. The maximum atomic E-state index is 13.6. The van der Waals surface area contributed by atoms with Crippen molar-refractivity contribution < 1.29 is 13.9 Å². The maximum Gasteiger partial charge on any atom is 0.256 e. The molecule has 2 bridgehead atoms. The number of hydrogen-bond donors (Lipinski definition) is 0. The fourth-order valence-corrected chi connectivity index (χ4v) is 4.72. The van der Waals surface area contributed by atoms with Crippen LogP contribution in [-0.4, -0.2) is 49.5 Å². The molecule has 3 aromatic rings. The lowest BCUT2D eigenvalue weighted by Crippen LogP contribution is -2.38. The predicted octanol–water partition coefficient (Wildman–Crippen LogP) is 3.18. The minimum absolute atomic E-state index is 0.0147. The van der Waals surface area contributed by atoms with E-state index in [1.165, 1.54) is 16.9 Å². The molecule has 2 fully saturated rings. The molecule has 7 nitrogen and oxygen atoms in total. The number of hydrogen-bond acceptors (Lipinski definition) is 5. The highest BCUT2D eigenvalue weighted by molar-refractivity contribution is 5.98. The molecular weight excluding hydrogens is 385 g/mol. The zero-order valence-corrected chi connectivity index (χ0v) is 16.6. The van der Waals surface area contributed by atoms with E-state index >= 15 is 0 Å². The molecule has 0 aliphatic carbocycles. The van der Waals surface area contributed by atoms with Gasteiger partial charge in [0.15, 0.2) is 0 Å². The minimum atomic E-state index is -0.389. The molecule has 5 rings (SSSR count). The lowest BCUT2D eigenvalue weighted by molar-refractivity contribution is 0.0709. The van der Waals surface area contributed by atoms with E-state index in [2.05, 4.69) is 15.2 Å². The summed E-state index contributed by atoms with van der Waals surface area (Å²) in [6, 6.07) is 8.95. The molecule has 0 unspecified atom stereocenters. The average molecular weight is 407 g/mol. The number of aromatic nitrogens is 4. The van der Waals surface area contributed by atoms with Crippen LogP contribution in [0.25, 0.3) is 5.69 Å². The Labute approximate surface area is 173 Å². The number of pyridine rings is 1. The van der Waals surface area contributed by atoms with E-state index in [-0.39, 0.29) is 29.7 Å². The fraction of sp³-hybridized carbons (Fsp3) is 0.364. The Morgan fingerprint density at radius 3 is 2.80 bits per heavy atom. The van der Waals surface area contributed by atoms with Gasteiger partial charge in [-0.25, -0.2) is 9.37 Å². The predicted molar refractivity (Wildman–Crippen MR) is 107 cm³/mol. The van der Waals surface area contributed by atoms with Gasteiger partial charge < -0.3 is 9.64 Å². The number of halogens is 1. The van der Waals surface area contributed by atoms with Crippen molar-refractivity contribution in [3.8, 4) is 11.6 Å². The normalized spacial score (nSPS) is 22.5. The lowest BCUT2D eigenvalue weighted by atomic mass is 9.90. The number of amides is 1. The molecule has 0 saturated carbocycles. The van der Waals surface area contributed by atoms with Crippen LogP contribution in [0.5, 0.6) is 5.88 Å². The zero-order valence-electron chi connectivity index (χ0n) is 16.6. The Morgan fingerprint density at radius 2 is 2.03 bits per heavy atom. The largest absolute Gasteiger partial charge is 0.477 e. The topological polar surface area (TPSA) is 73.1 Å². The van der Waals surface area contributed by atoms with E-state index in [9.17, 15) is 9.18 Å². The standard InChI is InChI=1S/C22H22FN5O2/c1-14-2-5-20(28-25-8-9-26-28)18(10-14)22(29)27-17-4-6-19(27)15(11-17)13-30-21-7-3-16(23)12-24-21/h2-3,5,7-10,12,15,17,19H,4,6,11,13H2,1H3/t15-,17+,19-/m1/s1. The first kappa shape index (κ1) is 18.7. The van der Waals surface area contributed by atoms with Gasteiger partial charge in [-0.2, -0.15) is 15.0 Å². The fourth-order valence-electron chi connectivity index (χ4n) is 4.72. The van der Waals surface area contributed by atoms with Crippen molar-refractivity contribution in [2.75, 3.05) is 6.61 Å². The third-order valence-corrected chi connectivity index (χ3v) is 6.06. The van der Waals surface area contributed by atoms with Crippen molar-refractivity contribution >= 4 is 5.91 Å². The summed E-state index contributed by atoms with van der Waals surface area (Å²) in [5, 5.41) is 8.41. The van der Waals surface area contributed by atoms with Gasteiger partial charge in [0.1, 0.15) is 5.82 Å². The van der Waals surface area contributed by atoms with Gasteiger partial charge in [-0.05, 0) is 44.4 Å². The Bertz CT molecular complexity index is 1050. The number of rotatable bonds is 5. The molecule has 3 atom stereocenters. The van der Waals surface area contributed by atoms with Gasteiger partial charge in [0.05, 0.1) is 36.4 Å². The Balaban J connectivity index is 1.36. The van der Waals surface area contributed by atoms with Crippen molar-refractivity contribution in [1.82, 2.24) is 24.9 Å². The molecule has 2 aromatic heterocycles. The summed E-state index contributed by atoms with van der Waals surface area (Å²) in [6.07, 6.45) is 7.22. The van der Waals surface area contributed by atoms with Crippen molar-refractivity contribution in [2.45, 2.75) is 38.3 Å². The molecule has 154 valence electrons. The van der Waals surface area contributed by atoms with E-state index in [0.29, 0.717) is 23.7 Å². The second-order valence-electron chi connectivity index (χ2n) is 7.97. The van der Waals surface area contributed by atoms with E-state index in [4.69, 9.17) is 4.74 Å². The molecule has 2 aliphatic heterocycles. The van der Waals surface area contributed by atoms with Crippen LogP contribution in [0.15, 0.2) is 48.9 Å². The first-order chi connectivity index (χ1) is 14.6. The van der Waals surface area contributed by atoms with Crippen LogP contribution in [0.2, 0.25) is 0 Å². The monoisotopic (exact) mass is 407 g/mol. The molecule has 1 aromatic carbocycles. The van der Waals surface area contributed by atoms with Gasteiger partial charge >= 0.3 is 0 Å². The molecule has 0 N–H and O–H groups in total. The summed E-state index contributed by atoms with van der Waals surface area (Å²) in [7, 11) is 0. The number of carbonyl (C=O) groups is 1. The first-order valence-corrected chi connectivity index (χ1v) is 10.1.